The quantitative estimate of drug-likeness (QED) is 0.209. The average molecular weight is 674 g/mol. The molecule has 0 amide bonds. The van der Waals surface area contributed by atoms with Crippen LogP contribution in [0.5, 0.6) is 0 Å². The van der Waals surface area contributed by atoms with Gasteiger partial charge in [-0.05, 0) is 40.4 Å². The number of nitrogens with zero attached hydrogens (tertiary/aromatic N) is 7. The molecule has 178 valence electrons. The fraction of sp³-hybridized carbons (Fsp3) is 0.0357. The fourth-order valence-electron chi connectivity index (χ4n) is 4.67. The van der Waals surface area contributed by atoms with E-state index in [-0.39, 0.29) is 19.8 Å². The Morgan fingerprint density at radius 3 is 2.24 bits per heavy atom. The first kappa shape index (κ1) is 23.4. The average Bonchev–Trinajstić information content (AvgIpc) is 3.67. The molecule has 0 bridgehead atoms. The molecule has 0 aliphatic rings. The monoisotopic (exact) mass is 675 g/mol. The molecule has 0 atom stereocenters. The Labute approximate surface area is 228 Å². The second-order valence-electron chi connectivity index (χ2n) is 8.42. The molecular weight excluding hydrogens is 657 g/mol. The largest absolute Gasteiger partial charge is 2.00 e. The van der Waals surface area contributed by atoms with Crippen molar-refractivity contribution < 1.29 is 19.8 Å². The third-order valence-corrected chi connectivity index (χ3v) is 6.78. The van der Waals surface area contributed by atoms with Crippen LogP contribution in [0.2, 0.25) is 0 Å². The number of hydrogen-bond acceptors (Lipinski definition) is 6. The van der Waals surface area contributed by atoms with Crippen molar-refractivity contribution in [3.8, 4) is 11.5 Å². The van der Waals surface area contributed by atoms with Gasteiger partial charge in [0.05, 0.1) is 22.9 Å². The Morgan fingerprint density at radius 2 is 1.43 bits per heavy atom. The standard InChI is InChI=1S/C16H8N3S.C12H9N4.Os/c1-2-6-10-9(5-1)13-11-7-3-4-8-12(11)17-15(13)16-14(10)18-20-19-16;1-8-14-12(16-15-8)11-10-5-3-2-4-9(10)6-7-13-11;/h1-8H;2-7H,1H3;/q2*-1;+2. The van der Waals surface area contributed by atoms with E-state index in [9.17, 15) is 0 Å². The first-order valence-electron chi connectivity index (χ1n) is 11.4. The third-order valence-electron chi connectivity index (χ3n) is 6.25. The number of pyridine rings is 1. The molecule has 0 aliphatic heterocycles. The molecule has 4 aromatic heterocycles. The van der Waals surface area contributed by atoms with Gasteiger partial charge < -0.3 is 15.1 Å². The summed E-state index contributed by atoms with van der Waals surface area (Å²) in [6.45, 7) is 1.82. The van der Waals surface area contributed by atoms with Gasteiger partial charge in [-0.3, -0.25) is 10.1 Å². The third kappa shape index (κ3) is 3.88. The predicted octanol–water partition coefficient (Wildman–Crippen LogP) is 6.06. The Kier molecular flexibility index (Phi) is 5.95. The van der Waals surface area contributed by atoms with Gasteiger partial charge >= 0.3 is 19.8 Å². The van der Waals surface area contributed by atoms with E-state index in [1.54, 1.807) is 6.20 Å². The molecule has 0 saturated carbocycles. The maximum atomic E-state index is 4.77. The molecule has 9 heteroatoms. The normalized spacial score (nSPS) is 11.2. The molecule has 0 spiro atoms. The van der Waals surface area contributed by atoms with E-state index in [1.807, 2.05) is 49.4 Å². The molecule has 37 heavy (non-hydrogen) atoms. The van der Waals surface area contributed by atoms with Crippen molar-refractivity contribution in [3.63, 3.8) is 0 Å². The number of benzene rings is 4. The Bertz CT molecular complexity index is 2030. The number of aryl methyl sites for hydroxylation is 1. The van der Waals surface area contributed by atoms with Gasteiger partial charge in [0, 0.05) is 22.8 Å². The summed E-state index contributed by atoms with van der Waals surface area (Å²) in [5, 5.41) is 14.8. The minimum absolute atomic E-state index is 0. The van der Waals surface area contributed by atoms with E-state index in [4.69, 9.17) is 4.98 Å². The van der Waals surface area contributed by atoms with Crippen LogP contribution in [0.25, 0.3) is 65.9 Å². The molecule has 0 N–H and O–H groups in total. The molecule has 8 rings (SSSR count). The van der Waals surface area contributed by atoms with Crippen molar-refractivity contribution in [2.24, 2.45) is 0 Å². The van der Waals surface area contributed by atoms with Crippen LogP contribution in [0.3, 0.4) is 0 Å². The zero-order valence-electron chi connectivity index (χ0n) is 19.5. The van der Waals surface area contributed by atoms with Gasteiger partial charge in [0.2, 0.25) is 0 Å². The number of para-hydroxylation sites is 1. The van der Waals surface area contributed by atoms with E-state index in [2.05, 4.69) is 65.3 Å². The van der Waals surface area contributed by atoms with Crippen LogP contribution in [-0.4, -0.2) is 23.8 Å². The number of rotatable bonds is 1. The predicted molar refractivity (Wildman–Crippen MR) is 144 cm³/mol. The first-order chi connectivity index (χ1) is 17.8. The molecule has 8 aromatic rings. The van der Waals surface area contributed by atoms with Crippen LogP contribution in [0.4, 0.5) is 0 Å². The maximum Gasteiger partial charge on any atom is 2.00 e. The molecule has 0 radical (unpaired) electrons. The van der Waals surface area contributed by atoms with Crippen molar-refractivity contribution in [1.29, 1.82) is 0 Å². The second-order valence-corrected chi connectivity index (χ2v) is 8.95. The molecule has 4 aromatic carbocycles. The molecule has 0 unspecified atom stereocenters. The zero-order chi connectivity index (χ0) is 24.1. The van der Waals surface area contributed by atoms with Crippen molar-refractivity contribution in [2.75, 3.05) is 0 Å². The molecule has 7 nitrogen and oxygen atoms in total. The molecule has 0 fully saturated rings. The summed E-state index contributed by atoms with van der Waals surface area (Å²) in [6.07, 6.45) is 1.77. The first-order valence-corrected chi connectivity index (χ1v) is 12.2. The van der Waals surface area contributed by atoms with Gasteiger partial charge in [0.1, 0.15) is 5.52 Å². The van der Waals surface area contributed by atoms with E-state index in [0.29, 0.717) is 11.6 Å². The topological polar surface area (TPSA) is 92.7 Å². The van der Waals surface area contributed by atoms with Gasteiger partial charge in [0.15, 0.2) is 0 Å². The van der Waals surface area contributed by atoms with Crippen molar-refractivity contribution in [1.82, 2.24) is 33.9 Å². The summed E-state index contributed by atoms with van der Waals surface area (Å²) in [4.78, 5) is 13.3. The minimum Gasteiger partial charge on any atom is -0.655 e. The molecular formula is C28H17N7OsS. The van der Waals surface area contributed by atoms with Crippen molar-refractivity contribution >= 4 is 66.1 Å². The molecule has 0 aliphatic carbocycles. The van der Waals surface area contributed by atoms with Gasteiger partial charge in [-0.1, -0.05) is 78.3 Å². The van der Waals surface area contributed by atoms with Crippen LogP contribution in [0.1, 0.15) is 5.82 Å². The Balaban J connectivity index is 0.000000136. The second kappa shape index (κ2) is 9.43. The summed E-state index contributed by atoms with van der Waals surface area (Å²) in [7, 11) is 0. The SMILES string of the molecule is Cc1n[n-]c(-c2nccc3ccccc23)n1.[Os+2].c1ccc2c(c1)[n-]c1c3nsnc3c3ccccc3c21. The number of aromatic nitrogens is 7. The maximum absolute atomic E-state index is 4.77. The smallest absolute Gasteiger partial charge is 0.655 e. The summed E-state index contributed by atoms with van der Waals surface area (Å²) in [6, 6.07) is 26.6. The molecule has 0 saturated heterocycles. The van der Waals surface area contributed by atoms with Gasteiger partial charge in [-0.2, -0.15) is 8.75 Å². The van der Waals surface area contributed by atoms with E-state index < -0.39 is 0 Å². The van der Waals surface area contributed by atoms with Crippen LogP contribution in [0.15, 0.2) is 85.1 Å². The summed E-state index contributed by atoms with van der Waals surface area (Å²) >= 11 is 1.25. The minimum atomic E-state index is 0. The summed E-state index contributed by atoms with van der Waals surface area (Å²) in [5.74, 6) is 1.26. The Hall–Kier alpha value is -4.05. The van der Waals surface area contributed by atoms with Crippen molar-refractivity contribution in [2.45, 2.75) is 6.92 Å². The fourth-order valence-corrected chi connectivity index (χ4v) is 5.24. The zero-order valence-corrected chi connectivity index (χ0v) is 22.8. The van der Waals surface area contributed by atoms with Crippen molar-refractivity contribution in [3.05, 3.63) is 90.9 Å². The molecule has 4 heterocycles. The number of hydrogen-bond donors (Lipinski definition) is 0. The van der Waals surface area contributed by atoms with Crippen LogP contribution in [0, 0.1) is 6.92 Å². The van der Waals surface area contributed by atoms with E-state index in [0.717, 1.165) is 43.9 Å². The Morgan fingerprint density at radius 1 is 0.730 bits per heavy atom. The summed E-state index contributed by atoms with van der Waals surface area (Å²) < 4.78 is 8.92. The van der Waals surface area contributed by atoms with E-state index in [1.165, 1.54) is 27.9 Å². The van der Waals surface area contributed by atoms with E-state index >= 15 is 0 Å². The van der Waals surface area contributed by atoms with Crippen LogP contribution < -0.4 is 10.1 Å². The van der Waals surface area contributed by atoms with Gasteiger partial charge in [-0.25, -0.2) is 0 Å². The summed E-state index contributed by atoms with van der Waals surface area (Å²) in [5.41, 5.74) is 4.65. The number of fused-ring (bicyclic) bond motifs is 9. The van der Waals surface area contributed by atoms with Gasteiger partial charge in [0.25, 0.3) is 0 Å². The van der Waals surface area contributed by atoms with Crippen LogP contribution in [-0.2, 0) is 19.8 Å². The van der Waals surface area contributed by atoms with Gasteiger partial charge in [-0.15, -0.1) is 5.52 Å². The van der Waals surface area contributed by atoms with Crippen LogP contribution >= 0.6 is 11.7 Å².